The van der Waals surface area contributed by atoms with Crippen LogP contribution in [0.15, 0.2) is 18.2 Å². The highest BCUT2D eigenvalue weighted by atomic mass is 35.5. The molecule has 2 nitrogen and oxygen atoms in total. The van der Waals surface area contributed by atoms with Crippen LogP contribution in [0.2, 0.25) is 10.0 Å². The Morgan fingerprint density at radius 3 is 2.24 bits per heavy atom. The third-order valence-corrected chi connectivity index (χ3v) is 7.30. The Morgan fingerprint density at radius 1 is 1.12 bits per heavy atom. The standard InChI is InChI=1S/C20H26Cl2N2S/c1-12(25)24-19(16-2-3-17(21)18(22)7-16)11-23-20-8-13-4-14(9-20)6-15(5-13)10-20/h2-3,7,13-15,19,23H,4-6,8-11H2,1H3,(H,24,25). The summed E-state index contributed by atoms with van der Waals surface area (Å²) in [5.74, 6) is 2.84. The molecule has 0 aliphatic heterocycles. The van der Waals surface area contributed by atoms with Gasteiger partial charge in [0.15, 0.2) is 0 Å². The maximum atomic E-state index is 6.24. The Kier molecular flexibility index (Phi) is 5.05. The van der Waals surface area contributed by atoms with Crippen LogP contribution in [-0.4, -0.2) is 17.1 Å². The van der Waals surface area contributed by atoms with E-state index in [0.29, 0.717) is 15.6 Å². The van der Waals surface area contributed by atoms with Crippen molar-refractivity contribution in [2.75, 3.05) is 6.54 Å². The van der Waals surface area contributed by atoms with Gasteiger partial charge in [-0.15, -0.1) is 0 Å². The Balaban J connectivity index is 1.49. The summed E-state index contributed by atoms with van der Waals surface area (Å²) < 4.78 is 0. The maximum absolute atomic E-state index is 6.24. The summed E-state index contributed by atoms with van der Waals surface area (Å²) in [6, 6.07) is 6.00. The van der Waals surface area contributed by atoms with Crippen LogP contribution < -0.4 is 10.6 Å². The van der Waals surface area contributed by atoms with Crippen LogP contribution in [0, 0.1) is 17.8 Å². The second kappa shape index (κ2) is 6.99. The van der Waals surface area contributed by atoms with E-state index in [9.17, 15) is 0 Å². The Hall–Kier alpha value is -0.350. The van der Waals surface area contributed by atoms with Crippen molar-refractivity contribution < 1.29 is 0 Å². The van der Waals surface area contributed by atoms with Gasteiger partial charge in [-0.3, -0.25) is 0 Å². The SMILES string of the molecule is CC(=S)NC(CNC12CC3CC(CC(C3)C1)C2)c1ccc(Cl)c(Cl)c1. The fourth-order valence-corrected chi connectivity index (χ4v) is 6.32. The Labute approximate surface area is 166 Å². The van der Waals surface area contributed by atoms with Gasteiger partial charge in [0.2, 0.25) is 0 Å². The predicted molar refractivity (Wildman–Crippen MR) is 110 cm³/mol. The number of halogens is 2. The molecular weight excluding hydrogens is 371 g/mol. The minimum absolute atomic E-state index is 0.125. The number of hydrogen-bond acceptors (Lipinski definition) is 2. The molecule has 0 spiro atoms. The van der Waals surface area contributed by atoms with Crippen LogP contribution in [0.1, 0.15) is 57.1 Å². The average Bonchev–Trinajstić information content (AvgIpc) is 2.52. The van der Waals surface area contributed by atoms with Gasteiger partial charge in [-0.2, -0.15) is 0 Å². The molecule has 4 aliphatic carbocycles. The molecule has 4 fully saturated rings. The molecule has 0 saturated heterocycles. The Morgan fingerprint density at radius 2 is 1.72 bits per heavy atom. The van der Waals surface area contributed by atoms with E-state index in [0.717, 1.165) is 34.9 Å². The van der Waals surface area contributed by atoms with Crippen molar-refractivity contribution >= 4 is 40.4 Å². The van der Waals surface area contributed by atoms with E-state index >= 15 is 0 Å². The molecule has 5 heteroatoms. The van der Waals surface area contributed by atoms with Gasteiger partial charge in [-0.1, -0.05) is 41.5 Å². The first-order valence-corrected chi connectivity index (χ1v) is 10.6. The van der Waals surface area contributed by atoms with Gasteiger partial charge >= 0.3 is 0 Å². The highest BCUT2D eigenvalue weighted by Gasteiger charge is 2.50. The minimum Gasteiger partial charge on any atom is -0.372 e. The molecule has 1 unspecified atom stereocenters. The maximum Gasteiger partial charge on any atom is 0.0727 e. The van der Waals surface area contributed by atoms with E-state index in [1.54, 1.807) is 0 Å². The summed E-state index contributed by atoms with van der Waals surface area (Å²) in [6.07, 6.45) is 8.45. The largest absolute Gasteiger partial charge is 0.372 e. The van der Waals surface area contributed by atoms with Crippen molar-refractivity contribution in [2.24, 2.45) is 17.8 Å². The summed E-state index contributed by atoms with van der Waals surface area (Å²) in [5.41, 5.74) is 1.48. The molecule has 25 heavy (non-hydrogen) atoms. The summed E-state index contributed by atoms with van der Waals surface area (Å²) in [5, 5.41) is 8.60. The molecular formula is C20H26Cl2N2S. The van der Waals surface area contributed by atoms with Gasteiger partial charge in [-0.05, 0) is 80.9 Å². The normalized spacial score (nSPS) is 34.1. The van der Waals surface area contributed by atoms with Crippen molar-refractivity contribution in [1.82, 2.24) is 10.6 Å². The molecule has 4 bridgehead atoms. The molecule has 0 radical (unpaired) electrons. The molecule has 1 aromatic rings. The van der Waals surface area contributed by atoms with Crippen molar-refractivity contribution in [2.45, 2.75) is 57.0 Å². The van der Waals surface area contributed by atoms with E-state index in [1.165, 1.54) is 38.5 Å². The predicted octanol–water partition coefficient (Wildman–Crippen LogP) is 5.53. The molecule has 0 aromatic heterocycles. The van der Waals surface area contributed by atoms with Gasteiger partial charge in [0, 0.05) is 12.1 Å². The fourth-order valence-electron chi connectivity index (χ4n) is 5.87. The third-order valence-electron chi connectivity index (χ3n) is 6.44. The zero-order chi connectivity index (χ0) is 17.6. The number of benzene rings is 1. The first-order chi connectivity index (χ1) is 11.9. The van der Waals surface area contributed by atoms with E-state index in [1.807, 2.05) is 25.1 Å². The third kappa shape index (κ3) is 3.85. The molecule has 4 aliphatic rings. The summed E-state index contributed by atoms with van der Waals surface area (Å²) in [6.45, 7) is 2.81. The highest BCUT2D eigenvalue weighted by Crippen LogP contribution is 2.55. The van der Waals surface area contributed by atoms with Crippen molar-refractivity contribution in [3.05, 3.63) is 33.8 Å². The molecule has 4 saturated carbocycles. The van der Waals surface area contributed by atoms with Gasteiger partial charge in [0.25, 0.3) is 0 Å². The first-order valence-electron chi connectivity index (χ1n) is 9.39. The molecule has 1 atom stereocenters. The topological polar surface area (TPSA) is 24.1 Å². The van der Waals surface area contributed by atoms with Crippen LogP contribution >= 0.6 is 35.4 Å². The zero-order valence-corrected chi connectivity index (χ0v) is 17.0. The fraction of sp³-hybridized carbons (Fsp3) is 0.650. The smallest absolute Gasteiger partial charge is 0.0727 e. The second-order valence-electron chi connectivity index (χ2n) is 8.51. The Bertz CT molecular complexity index is 640. The zero-order valence-electron chi connectivity index (χ0n) is 14.7. The van der Waals surface area contributed by atoms with E-state index in [4.69, 9.17) is 35.4 Å². The van der Waals surface area contributed by atoms with Crippen molar-refractivity contribution in [1.29, 1.82) is 0 Å². The van der Waals surface area contributed by atoms with Crippen LogP contribution in [0.5, 0.6) is 0 Å². The lowest BCUT2D eigenvalue weighted by atomic mass is 9.53. The van der Waals surface area contributed by atoms with Gasteiger partial charge in [-0.25, -0.2) is 0 Å². The molecule has 0 heterocycles. The number of nitrogens with one attached hydrogen (secondary N) is 2. The average molecular weight is 397 g/mol. The molecule has 2 N–H and O–H groups in total. The second-order valence-corrected chi connectivity index (χ2v) is 9.93. The lowest BCUT2D eigenvalue weighted by Crippen LogP contribution is -2.59. The van der Waals surface area contributed by atoms with E-state index < -0.39 is 0 Å². The van der Waals surface area contributed by atoms with Gasteiger partial charge < -0.3 is 10.6 Å². The quantitative estimate of drug-likeness (QED) is 0.639. The highest BCUT2D eigenvalue weighted by molar-refractivity contribution is 7.80. The number of rotatable bonds is 5. The van der Waals surface area contributed by atoms with Crippen LogP contribution in [-0.2, 0) is 0 Å². The number of hydrogen-bond donors (Lipinski definition) is 2. The summed E-state index contributed by atoms with van der Waals surface area (Å²) >= 11 is 17.6. The summed E-state index contributed by atoms with van der Waals surface area (Å²) in [4.78, 5) is 0.809. The minimum atomic E-state index is 0.125. The van der Waals surface area contributed by atoms with Gasteiger partial charge in [0.1, 0.15) is 0 Å². The molecule has 136 valence electrons. The monoisotopic (exact) mass is 396 g/mol. The van der Waals surface area contributed by atoms with Gasteiger partial charge in [0.05, 0.1) is 21.1 Å². The molecule has 1 aromatic carbocycles. The van der Waals surface area contributed by atoms with E-state index in [2.05, 4.69) is 10.6 Å². The van der Waals surface area contributed by atoms with E-state index in [-0.39, 0.29) is 6.04 Å². The van der Waals surface area contributed by atoms with Crippen molar-refractivity contribution in [3.8, 4) is 0 Å². The number of thiocarbonyl (C=S) groups is 1. The molecule has 0 amide bonds. The van der Waals surface area contributed by atoms with Crippen molar-refractivity contribution in [3.63, 3.8) is 0 Å². The lowest BCUT2D eigenvalue weighted by Gasteiger charge is -2.57. The first kappa shape index (κ1) is 18.0. The summed E-state index contributed by atoms with van der Waals surface area (Å²) in [7, 11) is 0. The van der Waals surface area contributed by atoms with Crippen LogP contribution in [0.3, 0.4) is 0 Å². The lowest BCUT2D eigenvalue weighted by molar-refractivity contribution is -0.0203. The van der Waals surface area contributed by atoms with Crippen LogP contribution in [0.4, 0.5) is 0 Å². The molecule has 5 rings (SSSR count). The van der Waals surface area contributed by atoms with Crippen LogP contribution in [0.25, 0.3) is 0 Å².